The Morgan fingerprint density at radius 2 is 1.17 bits per heavy atom. The van der Waals surface area contributed by atoms with Crippen LogP contribution < -0.4 is 10.6 Å². The van der Waals surface area contributed by atoms with Crippen LogP contribution in [0.2, 0.25) is 0 Å². The summed E-state index contributed by atoms with van der Waals surface area (Å²) in [6.45, 7) is 6.65. The highest BCUT2D eigenvalue weighted by Gasteiger charge is 2.39. The minimum atomic E-state index is -0.901. The van der Waals surface area contributed by atoms with Crippen molar-refractivity contribution in [1.82, 2.24) is 40.4 Å². The molecule has 15 nitrogen and oxygen atoms in total. The molecule has 0 aliphatic carbocycles. The number of hydrogen-bond donors (Lipinski definition) is 4. The Kier molecular flexibility index (Phi) is 12.2. The Morgan fingerprint density at radius 1 is 0.678 bits per heavy atom. The number of likely N-dealkylation sites (tertiary alicyclic amines) is 2. The molecule has 0 radical (unpaired) electrons. The average molecular weight is 803 g/mol. The quantitative estimate of drug-likeness (QED) is 0.124. The summed E-state index contributed by atoms with van der Waals surface area (Å²) in [5, 5.41) is 5.32. The molecular weight excluding hydrogens is 753 g/mol. The minimum absolute atomic E-state index is 0.115. The van der Waals surface area contributed by atoms with Gasteiger partial charge in [-0.1, -0.05) is 43.9 Å². The predicted molar refractivity (Wildman–Crippen MR) is 221 cm³/mol. The maximum Gasteiger partial charge on any atom is 0.407 e. The number of hydrogen-bond acceptors (Lipinski definition) is 9. The third-order valence-corrected chi connectivity index (χ3v) is 11.2. The zero-order valence-corrected chi connectivity index (χ0v) is 34.1. The number of methoxy groups -OCH3 is 3. The van der Waals surface area contributed by atoms with Crippen LogP contribution in [-0.2, 0) is 23.8 Å². The van der Waals surface area contributed by atoms with Crippen LogP contribution in [0.4, 0.5) is 9.59 Å². The second-order valence-electron chi connectivity index (χ2n) is 15.3. The van der Waals surface area contributed by atoms with E-state index in [-0.39, 0.29) is 29.8 Å². The van der Waals surface area contributed by atoms with Gasteiger partial charge in [0.15, 0.2) is 0 Å². The Bertz CT molecular complexity index is 2410. The Morgan fingerprint density at radius 3 is 1.73 bits per heavy atom. The van der Waals surface area contributed by atoms with Gasteiger partial charge in [-0.25, -0.2) is 19.6 Å². The van der Waals surface area contributed by atoms with Crippen LogP contribution in [-0.4, -0.2) is 106 Å². The molecule has 3 aromatic carbocycles. The van der Waals surface area contributed by atoms with E-state index in [1.54, 1.807) is 16.7 Å². The van der Waals surface area contributed by atoms with Crippen LogP contribution in [0.3, 0.4) is 0 Å². The first-order chi connectivity index (χ1) is 28.5. The number of aromatic nitrogens is 4. The number of benzene rings is 3. The lowest BCUT2D eigenvalue weighted by Crippen LogP contribution is -2.54. The monoisotopic (exact) mass is 802 g/mol. The number of amides is 4. The summed E-state index contributed by atoms with van der Waals surface area (Å²) in [6.07, 6.45) is 1.26. The van der Waals surface area contributed by atoms with E-state index in [9.17, 15) is 19.2 Å². The van der Waals surface area contributed by atoms with Crippen molar-refractivity contribution in [1.29, 1.82) is 0 Å². The highest BCUT2D eigenvalue weighted by molar-refractivity contribution is 5.88. The molecule has 2 saturated heterocycles. The Balaban J connectivity index is 1.03. The Labute approximate surface area is 342 Å². The molecule has 0 saturated carbocycles. The van der Waals surface area contributed by atoms with Crippen LogP contribution in [0.25, 0.3) is 33.2 Å². The normalized spacial score (nSPS) is 18.0. The molecule has 2 aromatic heterocycles. The maximum absolute atomic E-state index is 13.7. The SMILES string of the molecule is COC(=O)NC(C(=O)N1CCCC1c1nc2ccc(C#Cc3ccc(-c4ccc5nc(C6CCCN6C(=O)C(NC(=O)OC)C(C)OC)[nH]c5c4)cc3)cc2[nH]1)C(C)C. The number of nitrogens with one attached hydrogen (secondary N) is 4. The topological polar surface area (TPSA) is 184 Å². The van der Waals surface area contributed by atoms with E-state index in [4.69, 9.17) is 24.2 Å². The van der Waals surface area contributed by atoms with Crippen LogP contribution in [0.5, 0.6) is 0 Å². The van der Waals surface area contributed by atoms with Gasteiger partial charge in [-0.2, -0.15) is 0 Å². The minimum Gasteiger partial charge on any atom is -0.453 e. The van der Waals surface area contributed by atoms with Crippen molar-refractivity contribution in [3.05, 3.63) is 83.4 Å². The molecule has 308 valence electrons. The van der Waals surface area contributed by atoms with E-state index in [2.05, 4.69) is 38.5 Å². The third-order valence-electron chi connectivity index (χ3n) is 11.2. The number of H-pyrrole nitrogens is 2. The number of imidazole rings is 2. The first-order valence-electron chi connectivity index (χ1n) is 19.9. The summed E-state index contributed by atoms with van der Waals surface area (Å²) in [5.74, 6) is 7.44. The standard InChI is InChI=1S/C44H50N8O7/c1-25(2)37(49-43(55)58-5)41(53)51-21-7-9-35(51)39-45-31-19-15-28(23-33(31)47-39)12-11-27-13-16-29(17-14-27)30-18-20-32-34(24-30)48-40(46-32)36-10-8-22-52(36)42(54)38(26(3)57-4)50-44(56)59-6/h13-20,23-26,35-38H,7-10,21-22H2,1-6H3,(H,45,47)(H,46,48)(H,49,55)(H,50,56). The van der Waals surface area contributed by atoms with Crippen LogP contribution in [0.15, 0.2) is 60.7 Å². The molecule has 2 fully saturated rings. The van der Waals surface area contributed by atoms with E-state index in [0.29, 0.717) is 24.7 Å². The largest absolute Gasteiger partial charge is 0.453 e. The van der Waals surface area contributed by atoms with Crippen molar-refractivity contribution in [2.45, 2.75) is 76.7 Å². The number of aromatic amines is 2. The van der Waals surface area contributed by atoms with Crippen LogP contribution in [0, 0.1) is 17.8 Å². The van der Waals surface area contributed by atoms with Crippen LogP contribution >= 0.6 is 0 Å². The second kappa shape index (κ2) is 17.6. The van der Waals surface area contributed by atoms with Gasteiger partial charge in [0, 0.05) is 31.3 Å². The van der Waals surface area contributed by atoms with Gasteiger partial charge in [-0.15, -0.1) is 0 Å². The fourth-order valence-electron chi connectivity index (χ4n) is 7.91. The molecule has 0 spiro atoms. The Hall–Kier alpha value is -6.40. The molecular formula is C44H50N8O7. The summed E-state index contributed by atoms with van der Waals surface area (Å²) < 4.78 is 14.9. The van der Waals surface area contributed by atoms with Crippen molar-refractivity contribution in [3.63, 3.8) is 0 Å². The molecule has 7 rings (SSSR count). The smallest absolute Gasteiger partial charge is 0.407 e. The number of carbonyl (C=O) groups excluding carboxylic acids is 4. The zero-order chi connectivity index (χ0) is 41.8. The van der Waals surface area contributed by atoms with Gasteiger partial charge in [0.25, 0.3) is 0 Å². The third kappa shape index (κ3) is 8.73. The lowest BCUT2D eigenvalue weighted by Gasteiger charge is -2.30. The van der Waals surface area contributed by atoms with Gasteiger partial charge in [0.05, 0.1) is 54.5 Å². The first-order valence-corrected chi connectivity index (χ1v) is 19.9. The lowest BCUT2D eigenvalue weighted by atomic mass is 10.0. The molecule has 5 aromatic rings. The summed E-state index contributed by atoms with van der Waals surface area (Å²) in [5.41, 5.74) is 6.98. The van der Waals surface area contributed by atoms with Crippen molar-refractivity contribution in [3.8, 4) is 23.0 Å². The van der Waals surface area contributed by atoms with Crippen molar-refractivity contribution in [2.24, 2.45) is 5.92 Å². The van der Waals surface area contributed by atoms with E-state index >= 15 is 0 Å². The number of alkyl carbamates (subject to hydrolysis) is 2. The number of fused-ring (bicyclic) bond motifs is 2. The molecule has 15 heteroatoms. The number of rotatable bonds is 10. The highest BCUT2D eigenvalue weighted by Crippen LogP contribution is 2.35. The van der Waals surface area contributed by atoms with Gasteiger partial charge < -0.3 is 44.6 Å². The molecule has 5 unspecified atom stereocenters. The van der Waals surface area contributed by atoms with Gasteiger partial charge in [0.2, 0.25) is 11.8 Å². The fourth-order valence-corrected chi connectivity index (χ4v) is 7.91. The molecule has 4 amide bonds. The van der Waals surface area contributed by atoms with Gasteiger partial charge in [-0.05, 0) is 92.1 Å². The predicted octanol–water partition coefficient (Wildman–Crippen LogP) is 5.97. The zero-order valence-electron chi connectivity index (χ0n) is 34.1. The highest BCUT2D eigenvalue weighted by atomic mass is 16.5. The summed E-state index contributed by atoms with van der Waals surface area (Å²) in [6, 6.07) is 17.8. The summed E-state index contributed by atoms with van der Waals surface area (Å²) >= 11 is 0. The molecule has 4 N–H and O–H groups in total. The number of nitrogens with zero attached hydrogens (tertiary/aromatic N) is 4. The van der Waals surface area contributed by atoms with E-state index in [1.165, 1.54) is 21.3 Å². The van der Waals surface area contributed by atoms with Crippen molar-refractivity contribution >= 4 is 46.1 Å². The van der Waals surface area contributed by atoms with Gasteiger partial charge in [-0.3, -0.25) is 9.59 Å². The summed E-state index contributed by atoms with van der Waals surface area (Å²) in [4.78, 5) is 71.4. The van der Waals surface area contributed by atoms with Gasteiger partial charge in [0.1, 0.15) is 23.7 Å². The molecule has 0 bridgehead atoms. The lowest BCUT2D eigenvalue weighted by molar-refractivity contribution is -0.137. The molecule has 2 aliphatic rings. The van der Waals surface area contributed by atoms with E-state index in [1.807, 2.05) is 68.4 Å². The molecule has 5 atom stereocenters. The van der Waals surface area contributed by atoms with Crippen molar-refractivity contribution in [2.75, 3.05) is 34.4 Å². The van der Waals surface area contributed by atoms with Crippen molar-refractivity contribution < 1.29 is 33.4 Å². The van der Waals surface area contributed by atoms with Crippen LogP contribution in [0.1, 0.15) is 81.3 Å². The molecule has 59 heavy (non-hydrogen) atoms. The average Bonchev–Trinajstić information content (AvgIpc) is 4.08. The maximum atomic E-state index is 13.7. The summed E-state index contributed by atoms with van der Waals surface area (Å²) in [7, 11) is 4.04. The fraction of sp³-hybridized carbons (Fsp3) is 0.409. The van der Waals surface area contributed by atoms with E-state index < -0.39 is 30.4 Å². The molecule has 2 aliphatic heterocycles. The van der Waals surface area contributed by atoms with E-state index in [0.717, 1.165) is 70.0 Å². The number of carbonyl (C=O) groups is 4. The first kappa shape index (κ1) is 40.8. The number of ether oxygens (including phenoxy) is 3. The second-order valence-corrected chi connectivity index (χ2v) is 15.3. The molecule has 4 heterocycles. The van der Waals surface area contributed by atoms with Gasteiger partial charge >= 0.3 is 12.2 Å².